The molecule has 0 bridgehead atoms. The standard InChI is InChI=1S/C20H21N3O4/c1-27-11-10-21-20(24)12-17(14-6-8-15(9-7-14)23(25)26)18-13-22-19-5-3-2-4-16(18)19/h2-9,13,17,22H,10-12H2,1H3,(H,21,24)/t17-/m0/s1. The van der Waals surface area contributed by atoms with Gasteiger partial charge in [0.05, 0.1) is 11.5 Å². The van der Waals surface area contributed by atoms with Gasteiger partial charge in [0, 0.05) is 55.2 Å². The van der Waals surface area contributed by atoms with E-state index in [1.165, 1.54) is 12.1 Å². The Hall–Kier alpha value is -3.19. The molecule has 0 saturated carbocycles. The number of aromatic nitrogens is 1. The highest BCUT2D eigenvalue weighted by atomic mass is 16.6. The van der Waals surface area contributed by atoms with Crippen molar-refractivity contribution in [3.8, 4) is 0 Å². The molecule has 3 rings (SSSR count). The van der Waals surface area contributed by atoms with Crippen LogP contribution in [0.4, 0.5) is 5.69 Å². The van der Waals surface area contributed by atoms with Crippen LogP contribution in [0.15, 0.2) is 54.7 Å². The van der Waals surface area contributed by atoms with Gasteiger partial charge in [-0.05, 0) is 17.2 Å². The molecular formula is C20H21N3O4. The number of methoxy groups -OCH3 is 1. The SMILES string of the molecule is COCCNC(=O)C[C@@H](c1ccc([N+](=O)[O-])cc1)c1c[nH]c2ccccc12. The number of nitro benzene ring substituents is 1. The summed E-state index contributed by atoms with van der Waals surface area (Å²) in [6, 6.07) is 14.2. The van der Waals surface area contributed by atoms with E-state index in [2.05, 4.69) is 10.3 Å². The van der Waals surface area contributed by atoms with Gasteiger partial charge < -0.3 is 15.0 Å². The molecule has 1 amide bonds. The van der Waals surface area contributed by atoms with Crippen LogP contribution in [-0.4, -0.2) is 36.1 Å². The lowest BCUT2D eigenvalue weighted by Crippen LogP contribution is -2.28. The normalized spacial score (nSPS) is 12.0. The van der Waals surface area contributed by atoms with Crippen LogP contribution < -0.4 is 5.32 Å². The number of aromatic amines is 1. The van der Waals surface area contributed by atoms with Gasteiger partial charge in [0.2, 0.25) is 5.91 Å². The van der Waals surface area contributed by atoms with Crippen LogP contribution in [0, 0.1) is 10.1 Å². The zero-order chi connectivity index (χ0) is 19.2. The minimum absolute atomic E-state index is 0.0287. The number of benzene rings is 2. The molecule has 0 aliphatic rings. The number of hydrogen-bond donors (Lipinski definition) is 2. The van der Waals surface area contributed by atoms with E-state index in [0.717, 1.165) is 22.0 Å². The van der Waals surface area contributed by atoms with E-state index >= 15 is 0 Å². The fraction of sp³-hybridized carbons (Fsp3) is 0.250. The van der Waals surface area contributed by atoms with Gasteiger partial charge in [-0.1, -0.05) is 30.3 Å². The first-order chi connectivity index (χ1) is 13.1. The van der Waals surface area contributed by atoms with E-state index in [1.807, 2.05) is 30.5 Å². The fourth-order valence-electron chi connectivity index (χ4n) is 3.17. The van der Waals surface area contributed by atoms with Crippen LogP contribution in [0.1, 0.15) is 23.5 Å². The molecule has 3 aromatic rings. The fourth-order valence-corrected chi connectivity index (χ4v) is 3.17. The molecule has 0 spiro atoms. The van der Waals surface area contributed by atoms with Crippen LogP contribution in [-0.2, 0) is 9.53 Å². The number of non-ortho nitro benzene ring substituents is 1. The lowest BCUT2D eigenvalue weighted by Gasteiger charge is -2.17. The summed E-state index contributed by atoms with van der Waals surface area (Å²) in [6.45, 7) is 0.886. The number of hydrogen-bond acceptors (Lipinski definition) is 4. The predicted octanol–water partition coefficient (Wildman–Crippen LogP) is 3.36. The number of carbonyl (C=O) groups is 1. The molecule has 1 atom stereocenters. The van der Waals surface area contributed by atoms with Crippen molar-refractivity contribution in [1.82, 2.24) is 10.3 Å². The molecule has 1 heterocycles. The lowest BCUT2D eigenvalue weighted by atomic mass is 9.88. The summed E-state index contributed by atoms with van der Waals surface area (Å²) >= 11 is 0. The molecular weight excluding hydrogens is 346 g/mol. The summed E-state index contributed by atoms with van der Waals surface area (Å²) in [5.74, 6) is -0.315. The molecule has 7 nitrogen and oxygen atoms in total. The third-order valence-corrected chi connectivity index (χ3v) is 4.52. The van der Waals surface area contributed by atoms with Crippen molar-refractivity contribution >= 4 is 22.5 Å². The second-order valence-electron chi connectivity index (χ2n) is 6.24. The molecule has 0 saturated heterocycles. The van der Waals surface area contributed by atoms with Crippen LogP contribution in [0.2, 0.25) is 0 Å². The first-order valence-corrected chi connectivity index (χ1v) is 8.66. The maximum absolute atomic E-state index is 12.4. The molecule has 0 unspecified atom stereocenters. The molecule has 7 heteroatoms. The predicted molar refractivity (Wildman–Crippen MR) is 103 cm³/mol. The second kappa shape index (κ2) is 8.46. The van der Waals surface area contributed by atoms with Crippen molar-refractivity contribution in [3.63, 3.8) is 0 Å². The first-order valence-electron chi connectivity index (χ1n) is 8.66. The zero-order valence-electron chi connectivity index (χ0n) is 15.0. The van der Waals surface area contributed by atoms with E-state index in [0.29, 0.717) is 13.2 Å². The van der Waals surface area contributed by atoms with E-state index in [1.54, 1.807) is 19.2 Å². The summed E-state index contributed by atoms with van der Waals surface area (Å²) in [5.41, 5.74) is 2.86. The van der Waals surface area contributed by atoms with Crippen molar-refractivity contribution in [3.05, 3.63) is 76.0 Å². The summed E-state index contributed by atoms with van der Waals surface area (Å²) in [7, 11) is 1.58. The van der Waals surface area contributed by atoms with Gasteiger partial charge in [-0.2, -0.15) is 0 Å². The van der Waals surface area contributed by atoms with Gasteiger partial charge in [0.1, 0.15) is 0 Å². The Morgan fingerprint density at radius 3 is 2.67 bits per heavy atom. The third kappa shape index (κ3) is 4.32. The van der Waals surface area contributed by atoms with E-state index in [9.17, 15) is 14.9 Å². The summed E-state index contributed by atoms with van der Waals surface area (Å²) in [4.78, 5) is 26.2. The number of nitrogens with zero attached hydrogens (tertiary/aromatic N) is 1. The lowest BCUT2D eigenvalue weighted by molar-refractivity contribution is -0.384. The summed E-state index contributed by atoms with van der Waals surface area (Å²) in [6.07, 6.45) is 2.14. The van der Waals surface area contributed by atoms with E-state index in [-0.39, 0.29) is 23.9 Å². The van der Waals surface area contributed by atoms with Crippen molar-refractivity contribution in [1.29, 1.82) is 0 Å². The van der Waals surface area contributed by atoms with Gasteiger partial charge in [-0.25, -0.2) is 0 Å². The minimum atomic E-state index is -0.429. The Morgan fingerprint density at radius 1 is 1.22 bits per heavy atom. The van der Waals surface area contributed by atoms with Crippen LogP contribution in [0.3, 0.4) is 0 Å². The molecule has 0 radical (unpaired) electrons. The van der Waals surface area contributed by atoms with Crippen molar-refractivity contribution < 1.29 is 14.5 Å². The monoisotopic (exact) mass is 367 g/mol. The molecule has 2 aromatic carbocycles. The maximum Gasteiger partial charge on any atom is 0.269 e. The molecule has 140 valence electrons. The van der Waals surface area contributed by atoms with Crippen LogP contribution in [0.5, 0.6) is 0 Å². The maximum atomic E-state index is 12.4. The highest BCUT2D eigenvalue weighted by Crippen LogP contribution is 2.34. The molecule has 0 fully saturated rings. The number of rotatable bonds is 8. The van der Waals surface area contributed by atoms with E-state index < -0.39 is 4.92 Å². The zero-order valence-corrected chi connectivity index (χ0v) is 15.0. The number of nitrogens with one attached hydrogen (secondary N) is 2. The van der Waals surface area contributed by atoms with Gasteiger partial charge in [-0.3, -0.25) is 14.9 Å². The van der Waals surface area contributed by atoms with Gasteiger partial charge >= 0.3 is 0 Å². The molecule has 0 aliphatic heterocycles. The third-order valence-electron chi connectivity index (χ3n) is 4.52. The number of carbonyl (C=O) groups excluding carboxylic acids is 1. The first kappa shape index (κ1) is 18.6. The van der Waals surface area contributed by atoms with Crippen molar-refractivity contribution in [2.75, 3.05) is 20.3 Å². The number of amides is 1. The average molecular weight is 367 g/mol. The highest BCUT2D eigenvalue weighted by Gasteiger charge is 2.22. The van der Waals surface area contributed by atoms with Gasteiger partial charge in [0.25, 0.3) is 5.69 Å². The largest absolute Gasteiger partial charge is 0.383 e. The number of ether oxygens (including phenoxy) is 1. The van der Waals surface area contributed by atoms with Gasteiger partial charge in [0.15, 0.2) is 0 Å². The molecule has 1 aromatic heterocycles. The number of nitro groups is 1. The van der Waals surface area contributed by atoms with E-state index in [4.69, 9.17) is 4.74 Å². The molecule has 2 N–H and O–H groups in total. The van der Waals surface area contributed by atoms with Crippen LogP contribution >= 0.6 is 0 Å². The van der Waals surface area contributed by atoms with Crippen LogP contribution in [0.25, 0.3) is 10.9 Å². The topological polar surface area (TPSA) is 97.3 Å². The highest BCUT2D eigenvalue weighted by molar-refractivity contribution is 5.86. The average Bonchev–Trinajstić information content (AvgIpc) is 3.10. The Labute approximate surface area is 156 Å². The van der Waals surface area contributed by atoms with Gasteiger partial charge in [-0.15, -0.1) is 0 Å². The number of H-pyrrole nitrogens is 1. The molecule has 0 aliphatic carbocycles. The summed E-state index contributed by atoms with van der Waals surface area (Å²) < 4.78 is 4.96. The van der Waals surface area contributed by atoms with Crippen molar-refractivity contribution in [2.24, 2.45) is 0 Å². The Morgan fingerprint density at radius 2 is 1.96 bits per heavy atom. The summed E-state index contributed by atoms with van der Waals surface area (Å²) in [5, 5.41) is 14.8. The molecule has 27 heavy (non-hydrogen) atoms. The quantitative estimate of drug-likeness (QED) is 0.362. The Balaban J connectivity index is 1.93. The Bertz CT molecular complexity index is 934. The minimum Gasteiger partial charge on any atom is -0.383 e. The smallest absolute Gasteiger partial charge is 0.269 e. The number of para-hydroxylation sites is 1. The van der Waals surface area contributed by atoms with Crippen molar-refractivity contribution in [2.45, 2.75) is 12.3 Å². The second-order valence-corrected chi connectivity index (χ2v) is 6.24. The Kier molecular flexibility index (Phi) is 5.83. The number of fused-ring (bicyclic) bond motifs is 1.